The number of carbonyl (C=O) groups excluding carboxylic acids is 2. The molecule has 0 atom stereocenters. The van der Waals surface area contributed by atoms with Gasteiger partial charge in [0, 0.05) is 18.0 Å². The van der Waals surface area contributed by atoms with Gasteiger partial charge in [0.2, 0.25) is 5.91 Å². The van der Waals surface area contributed by atoms with E-state index in [0.29, 0.717) is 13.0 Å². The first kappa shape index (κ1) is 15.2. The van der Waals surface area contributed by atoms with Crippen molar-refractivity contribution in [3.63, 3.8) is 0 Å². The van der Waals surface area contributed by atoms with Gasteiger partial charge in [0.1, 0.15) is 5.82 Å². The minimum atomic E-state index is -0.559. The number of halogens is 1. The molecule has 1 heterocycles. The van der Waals surface area contributed by atoms with Gasteiger partial charge in [0.05, 0.1) is 12.0 Å². The summed E-state index contributed by atoms with van der Waals surface area (Å²) in [5.41, 5.74) is 0.00223. The van der Waals surface area contributed by atoms with E-state index in [1.807, 2.05) is 17.5 Å². The third-order valence-electron chi connectivity index (χ3n) is 2.77. The maximum atomic E-state index is 13.4. The Morgan fingerprint density at radius 2 is 1.81 bits per heavy atom. The van der Waals surface area contributed by atoms with Crippen LogP contribution in [-0.4, -0.2) is 24.9 Å². The van der Waals surface area contributed by atoms with Crippen molar-refractivity contribution in [1.82, 2.24) is 10.6 Å². The highest BCUT2D eigenvalue weighted by atomic mass is 32.1. The minimum Gasteiger partial charge on any atom is -0.354 e. The largest absolute Gasteiger partial charge is 0.354 e. The summed E-state index contributed by atoms with van der Waals surface area (Å²) in [5, 5.41) is 7.18. The van der Waals surface area contributed by atoms with Gasteiger partial charge >= 0.3 is 0 Å². The standard InChI is InChI=1S/C15H15FN2O2S/c16-13-6-2-1-5-12(13)15(20)18-8-7-17-14(19)10-11-4-3-9-21-11/h1-6,9H,7-8,10H2,(H,17,19)(H,18,20). The van der Waals surface area contributed by atoms with E-state index in [4.69, 9.17) is 0 Å². The molecule has 1 aromatic carbocycles. The summed E-state index contributed by atoms with van der Waals surface area (Å²) in [6.07, 6.45) is 0.332. The first-order valence-corrected chi connectivity index (χ1v) is 7.36. The van der Waals surface area contributed by atoms with Gasteiger partial charge in [-0.15, -0.1) is 11.3 Å². The van der Waals surface area contributed by atoms with E-state index in [1.54, 1.807) is 6.07 Å². The minimum absolute atomic E-state index is 0.00223. The van der Waals surface area contributed by atoms with Crippen molar-refractivity contribution < 1.29 is 14.0 Å². The van der Waals surface area contributed by atoms with E-state index in [9.17, 15) is 14.0 Å². The number of hydrogen-bond donors (Lipinski definition) is 2. The molecule has 1 aromatic heterocycles. The van der Waals surface area contributed by atoms with Crippen LogP contribution in [0.15, 0.2) is 41.8 Å². The first-order valence-electron chi connectivity index (χ1n) is 6.48. The van der Waals surface area contributed by atoms with E-state index < -0.39 is 11.7 Å². The molecule has 110 valence electrons. The third kappa shape index (κ3) is 4.68. The Kier molecular flexibility index (Phi) is 5.45. The van der Waals surface area contributed by atoms with Crippen LogP contribution in [0.4, 0.5) is 4.39 Å². The van der Waals surface area contributed by atoms with Crippen molar-refractivity contribution in [2.45, 2.75) is 6.42 Å². The SMILES string of the molecule is O=C(Cc1cccs1)NCCNC(=O)c1ccccc1F. The van der Waals surface area contributed by atoms with Gasteiger partial charge in [-0.05, 0) is 23.6 Å². The van der Waals surface area contributed by atoms with E-state index in [0.717, 1.165) is 4.88 Å². The highest BCUT2D eigenvalue weighted by molar-refractivity contribution is 7.10. The predicted molar refractivity (Wildman–Crippen MR) is 79.8 cm³/mol. The number of nitrogens with one attached hydrogen (secondary N) is 2. The first-order chi connectivity index (χ1) is 10.2. The average molecular weight is 306 g/mol. The lowest BCUT2D eigenvalue weighted by Crippen LogP contribution is -2.35. The van der Waals surface area contributed by atoms with Crippen LogP contribution in [0, 0.1) is 5.82 Å². The van der Waals surface area contributed by atoms with Crippen molar-refractivity contribution in [3.05, 3.63) is 58.0 Å². The Labute approximate surface area is 126 Å². The molecule has 0 saturated carbocycles. The molecule has 0 unspecified atom stereocenters. The summed E-state index contributed by atoms with van der Waals surface area (Å²) >= 11 is 1.52. The topological polar surface area (TPSA) is 58.2 Å². The summed E-state index contributed by atoms with van der Waals surface area (Å²) in [6.45, 7) is 0.563. The van der Waals surface area contributed by atoms with Crippen molar-refractivity contribution in [3.8, 4) is 0 Å². The summed E-state index contributed by atoms with van der Waals surface area (Å²) in [7, 11) is 0. The number of hydrogen-bond acceptors (Lipinski definition) is 3. The lowest BCUT2D eigenvalue weighted by Gasteiger charge is -2.07. The van der Waals surface area contributed by atoms with Crippen LogP contribution in [0.3, 0.4) is 0 Å². The molecule has 0 aliphatic rings. The summed E-state index contributed by atoms with van der Waals surface area (Å²) in [6, 6.07) is 9.56. The summed E-state index contributed by atoms with van der Waals surface area (Å²) < 4.78 is 13.4. The molecule has 0 aliphatic carbocycles. The molecule has 2 aromatic rings. The second kappa shape index (κ2) is 7.54. The van der Waals surface area contributed by atoms with Gasteiger partial charge in [0.25, 0.3) is 5.91 Å². The highest BCUT2D eigenvalue weighted by Crippen LogP contribution is 2.08. The number of thiophene rings is 1. The van der Waals surface area contributed by atoms with E-state index >= 15 is 0 Å². The second-order valence-electron chi connectivity index (χ2n) is 4.34. The fourth-order valence-electron chi connectivity index (χ4n) is 1.75. The molecule has 0 saturated heterocycles. The van der Waals surface area contributed by atoms with E-state index in [2.05, 4.69) is 10.6 Å². The molecule has 2 rings (SSSR count). The van der Waals surface area contributed by atoms with Crippen molar-refractivity contribution in [2.75, 3.05) is 13.1 Å². The smallest absolute Gasteiger partial charge is 0.254 e. The second-order valence-corrected chi connectivity index (χ2v) is 5.37. The molecule has 0 fully saturated rings. The molecule has 0 radical (unpaired) electrons. The highest BCUT2D eigenvalue weighted by Gasteiger charge is 2.10. The number of rotatable bonds is 6. The molecule has 0 aliphatic heterocycles. The fraction of sp³-hybridized carbons (Fsp3) is 0.200. The van der Waals surface area contributed by atoms with Crippen molar-refractivity contribution >= 4 is 23.2 Å². The average Bonchev–Trinajstić information content (AvgIpc) is 2.96. The van der Waals surface area contributed by atoms with Gasteiger partial charge < -0.3 is 10.6 Å². The molecule has 2 N–H and O–H groups in total. The normalized spacial score (nSPS) is 10.1. The molecule has 21 heavy (non-hydrogen) atoms. The van der Waals surface area contributed by atoms with Gasteiger partial charge in [-0.2, -0.15) is 0 Å². The van der Waals surface area contributed by atoms with Crippen LogP contribution in [-0.2, 0) is 11.2 Å². The number of carbonyl (C=O) groups is 2. The number of amides is 2. The van der Waals surface area contributed by atoms with Crippen molar-refractivity contribution in [1.29, 1.82) is 0 Å². The van der Waals surface area contributed by atoms with Crippen LogP contribution in [0.25, 0.3) is 0 Å². The van der Waals surface area contributed by atoms with Crippen LogP contribution in [0.5, 0.6) is 0 Å². The summed E-state index contributed by atoms with van der Waals surface area (Å²) in [4.78, 5) is 24.3. The van der Waals surface area contributed by atoms with E-state index in [-0.39, 0.29) is 18.0 Å². The Morgan fingerprint density at radius 1 is 1.05 bits per heavy atom. The fourth-order valence-corrected chi connectivity index (χ4v) is 2.46. The third-order valence-corrected chi connectivity index (χ3v) is 3.64. The van der Waals surface area contributed by atoms with Gasteiger partial charge in [-0.3, -0.25) is 9.59 Å². The van der Waals surface area contributed by atoms with E-state index in [1.165, 1.54) is 29.5 Å². The molecule has 0 bridgehead atoms. The van der Waals surface area contributed by atoms with Crippen LogP contribution < -0.4 is 10.6 Å². The molecular formula is C15H15FN2O2S. The van der Waals surface area contributed by atoms with Crippen LogP contribution >= 0.6 is 11.3 Å². The zero-order chi connectivity index (χ0) is 15.1. The summed E-state index contributed by atoms with van der Waals surface area (Å²) in [5.74, 6) is -1.14. The monoisotopic (exact) mass is 306 g/mol. The van der Waals surface area contributed by atoms with Crippen molar-refractivity contribution in [2.24, 2.45) is 0 Å². The maximum absolute atomic E-state index is 13.4. The zero-order valence-corrected chi connectivity index (χ0v) is 12.1. The van der Waals surface area contributed by atoms with Gasteiger partial charge in [0.15, 0.2) is 0 Å². The molecule has 0 spiro atoms. The Bertz CT molecular complexity index is 614. The quantitative estimate of drug-likeness (QED) is 0.802. The lowest BCUT2D eigenvalue weighted by molar-refractivity contribution is -0.120. The zero-order valence-electron chi connectivity index (χ0n) is 11.3. The molecule has 4 nitrogen and oxygen atoms in total. The molecular weight excluding hydrogens is 291 g/mol. The Hall–Kier alpha value is -2.21. The van der Waals surface area contributed by atoms with Gasteiger partial charge in [-0.1, -0.05) is 18.2 Å². The lowest BCUT2D eigenvalue weighted by atomic mass is 10.2. The van der Waals surface area contributed by atoms with Gasteiger partial charge in [-0.25, -0.2) is 4.39 Å². The van der Waals surface area contributed by atoms with Crippen LogP contribution in [0.1, 0.15) is 15.2 Å². The molecule has 2 amide bonds. The van der Waals surface area contributed by atoms with Crippen LogP contribution in [0.2, 0.25) is 0 Å². The Balaban J connectivity index is 1.69. The predicted octanol–water partition coefficient (Wildman–Crippen LogP) is 1.98. The number of benzene rings is 1. The molecule has 6 heteroatoms. The maximum Gasteiger partial charge on any atom is 0.254 e. The Morgan fingerprint density at radius 3 is 2.52 bits per heavy atom.